The maximum atomic E-state index is 11.3. The molecule has 0 saturated carbocycles. The van der Waals surface area contributed by atoms with Crippen molar-refractivity contribution in [2.45, 2.75) is 13.0 Å². The summed E-state index contributed by atoms with van der Waals surface area (Å²) >= 11 is 5.97. The van der Waals surface area contributed by atoms with Crippen LogP contribution >= 0.6 is 11.6 Å². The van der Waals surface area contributed by atoms with Crippen molar-refractivity contribution in [1.82, 2.24) is 5.32 Å². The van der Waals surface area contributed by atoms with Gasteiger partial charge in [0.25, 0.3) is 0 Å². The van der Waals surface area contributed by atoms with Crippen molar-refractivity contribution in [1.29, 1.82) is 0 Å². The minimum Gasteiger partial charge on any atom is -0.478 e. The molecule has 0 aliphatic heterocycles. The second-order valence-electron chi connectivity index (χ2n) is 3.42. The summed E-state index contributed by atoms with van der Waals surface area (Å²) in [5.74, 6) is -1.63. The Balaban J connectivity index is 2.67. The van der Waals surface area contributed by atoms with Gasteiger partial charge in [-0.1, -0.05) is 29.8 Å². The smallest absolute Gasteiger partial charge is 0.328 e. The molecule has 0 aliphatic rings. The van der Waals surface area contributed by atoms with Crippen molar-refractivity contribution in [3.05, 3.63) is 47.0 Å². The van der Waals surface area contributed by atoms with E-state index in [0.717, 1.165) is 17.7 Å². The quantitative estimate of drug-likeness (QED) is 0.808. The van der Waals surface area contributed by atoms with Crippen molar-refractivity contribution in [3.8, 4) is 0 Å². The van der Waals surface area contributed by atoms with Gasteiger partial charge in [0.2, 0.25) is 5.91 Å². The van der Waals surface area contributed by atoms with Gasteiger partial charge in [-0.05, 0) is 18.6 Å². The van der Waals surface area contributed by atoms with Crippen LogP contribution in [0.25, 0.3) is 0 Å². The monoisotopic (exact) mass is 253 g/mol. The van der Waals surface area contributed by atoms with Crippen LogP contribution in [0.15, 0.2) is 36.4 Å². The van der Waals surface area contributed by atoms with Crippen LogP contribution in [-0.2, 0) is 9.59 Å². The fourth-order valence-corrected chi connectivity index (χ4v) is 1.61. The molecule has 0 aromatic heterocycles. The molecule has 17 heavy (non-hydrogen) atoms. The number of benzene rings is 1. The first kappa shape index (κ1) is 13.3. The van der Waals surface area contributed by atoms with Gasteiger partial charge in [0, 0.05) is 17.2 Å². The summed E-state index contributed by atoms with van der Waals surface area (Å²) in [6.45, 7) is 1.77. The first-order valence-electron chi connectivity index (χ1n) is 4.96. The van der Waals surface area contributed by atoms with Gasteiger partial charge in [0.1, 0.15) is 0 Å². The number of carboxylic acids is 1. The van der Waals surface area contributed by atoms with E-state index < -0.39 is 11.9 Å². The SMILES string of the molecule is CC(NC(=O)/C=C/C(=O)O)c1ccccc1Cl. The molecule has 1 aromatic carbocycles. The molecule has 0 saturated heterocycles. The molecule has 0 spiro atoms. The summed E-state index contributed by atoms with van der Waals surface area (Å²) in [6.07, 6.45) is 1.75. The fourth-order valence-electron chi connectivity index (χ4n) is 1.31. The van der Waals surface area contributed by atoms with E-state index in [1.54, 1.807) is 25.1 Å². The largest absolute Gasteiger partial charge is 0.478 e. The number of carboxylic acid groups (broad SMARTS) is 1. The molecule has 0 radical (unpaired) electrons. The zero-order valence-electron chi connectivity index (χ0n) is 9.18. The molecule has 1 aromatic rings. The molecule has 1 unspecified atom stereocenters. The summed E-state index contributed by atoms with van der Waals surface area (Å²) in [5, 5.41) is 11.5. The number of nitrogens with one attached hydrogen (secondary N) is 1. The topological polar surface area (TPSA) is 66.4 Å². The van der Waals surface area contributed by atoms with Gasteiger partial charge < -0.3 is 10.4 Å². The van der Waals surface area contributed by atoms with Crippen LogP contribution in [0.4, 0.5) is 0 Å². The third-order valence-electron chi connectivity index (χ3n) is 2.11. The zero-order chi connectivity index (χ0) is 12.8. The molecule has 0 heterocycles. The number of rotatable bonds is 4. The van der Waals surface area contributed by atoms with E-state index in [1.807, 2.05) is 6.07 Å². The molecule has 1 amide bonds. The van der Waals surface area contributed by atoms with Gasteiger partial charge >= 0.3 is 5.97 Å². The van der Waals surface area contributed by atoms with Crippen LogP contribution < -0.4 is 5.32 Å². The van der Waals surface area contributed by atoms with Gasteiger partial charge in [-0.2, -0.15) is 0 Å². The van der Waals surface area contributed by atoms with Crippen LogP contribution in [0.3, 0.4) is 0 Å². The van der Waals surface area contributed by atoms with Crippen LogP contribution in [0.5, 0.6) is 0 Å². The van der Waals surface area contributed by atoms with Gasteiger partial charge in [-0.25, -0.2) is 4.79 Å². The third kappa shape index (κ3) is 4.28. The van der Waals surface area contributed by atoms with Gasteiger partial charge in [-0.3, -0.25) is 4.79 Å². The summed E-state index contributed by atoms with van der Waals surface area (Å²) in [7, 11) is 0. The predicted octanol–water partition coefficient (Wildman–Crippen LogP) is 2.16. The van der Waals surface area contributed by atoms with Crippen LogP contribution in [-0.4, -0.2) is 17.0 Å². The summed E-state index contributed by atoms with van der Waals surface area (Å²) in [6, 6.07) is 6.86. The Morgan fingerprint density at radius 1 is 1.35 bits per heavy atom. The Labute approximate surface area is 104 Å². The number of aliphatic carboxylic acids is 1. The molecule has 4 nitrogen and oxygen atoms in total. The summed E-state index contributed by atoms with van der Waals surface area (Å²) < 4.78 is 0. The molecular formula is C12H12ClNO3. The Bertz CT molecular complexity index is 457. The fraction of sp³-hybridized carbons (Fsp3) is 0.167. The molecule has 1 atom stereocenters. The molecule has 0 fully saturated rings. The van der Waals surface area contributed by atoms with Gasteiger partial charge in [0.05, 0.1) is 6.04 Å². The molecule has 1 rings (SSSR count). The Hall–Kier alpha value is -1.81. The van der Waals surface area contributed by atoms with Crippen molar-refractivity contribution in [2.24, 2.45) is 0 Å². The Morgan fingerprint density at radius 2 is 2.00 bits per heavy atom. The highest BCUT2D eigenvalue weighted by molar-refractivity contribution is 6.31. The number of hydrogen-bond donors (Lipinski definition) is 2. The summed E-state index contributed by atoms with van der Waals surface area (Å²) in [5.41, 5.74) is 0.784. The first-order chi connectivity index (χ1) is 8.00. The number of carbonyl (C=O) groups excluding carboxylic acids is 1. The highest BCUT2D eigenvalue weighted by Crippen LogP contribution is 2.21. The standard InChI is InChI=1S/C12H12ClNO3/c1-8(9-4-2-3-5-10(9)13)14-11(15)6-7-12(16)17/h2-8H,1H3,(H,14,15)(H,16,17)/b7-6+. The van der Waals surface area contributed by atoms with Gasteiger partial charge in [-0.15, -0.1) is 0 Å². The normalized spacial score (nSPS) is 12.4. The molecule has 2 N–H and O–H groups in total. The second-order valence-corrected chi connectivity index (χ2v) is 3.83. The highest BCUT2D eigenvalue weighted by atomic mass is 35.5. The van der Waals surface area contributed by atoms with E-state index in [0.29, 0.717) is 5.02 Å². The average molecular weight is 254 g/mol. The van der Waals surface area contributed by atoms with E-state index >= 15 is 0 Å². The van der Waals surface area contributed by atoms with Crippen LogP contribution in [0.2, 0.25) is 5.02 Å². The van der Waals surface area contributed by atoms with E-state index in [1.165, 1.54) is 0 Å². The van der Waals surface area contributed by atoms with E-state index in [2.05, 4.69) is 5.32 Å². The van der Waals surface area contributed by atoms with Crippen molar-refractivity contribution in [2.75, 3.05) is 0 Å². The predicted molar refractivity (Wildman–Crippen MR) is 64.8 cm³/mol. The third-order valence-corrected chi connectivity index (χ3v) is 2.45. The van der Waals surface area contributed by atoms with Crippen molar-refractivity contribution < 1.29 is 14.7 Å². The lowest BCUT2D eigenvalue weighted by Crippen LogP contribution is -2.25. The minimum atomic E-state index is -1.16. The van der Waals surface area contributed by atoms with Crippen molar-refractivity contribution in [3.63, 3.8) is 0 Å². The molecule has 0 aliphatic carbocycles. The minimum absolute atomic E-state index is 0.283. The lowest BCUT2D eigenvalue weighted by atomic mass is 10.1. The lowest BCUT2D eigenvalue weighted by molar-refractivity contribution is -0.131. The van der Waals surface area contributed by atoms with Gasteiger partial charge in [0.15, 0.2) is 0 Å². The van der Waals surface area contributed by atoms with E-state index in [9.17, 15) is 9.59 Å². The van der Waals surface area contributed by atoms with Crippen LogP contribution in [0.1, 0.15) is 18.5 Å². The van der Waals surface area contributed by atoms with Crippen LogP contribution in [0, 0.1) is 0 Å². The maximum Gasteiger partial charge on any atom is 0.328 e. The molecule has 5 heteroatoms. The molecule has 90 valence electrons. The Kier molecular flexibility index (Phi) is 4.72. The molecule has 0 bridgehead atoms. The zero-order valence-corrected chi connectivity index (χ0v) is 9.94. The van der Waals surface area contributed by atoms with E-state index in [4.69, 9.17) is 16.7 Å². The lowest BCUT2D eigenvalue weighted by Gasteiger charge is -2.14. The number of carbonyl (C=O) groups is 2. The number of amides is 1. The summed E-state index contributed by atoms with van der Waals surface area (Å²) in [4.78, 5) is 21.6. The highest BCUT2D eigenvalue weighted by Gasteiger charge is 2.10. The second kappa shape index (κ2) is 6.06. The van der Waals surface area contributed by atoms with E-state index in [-0.39, 0.29) is 6.04 Å². The molecular weight excluding hydrogens is 242 g/mol. The number of halogens is 1. The maximum absolute atomic E-state index is 11.3. The van der Waals surface area contributed by atoms with Crippen molar-refractivity contribution >= 4 is 23.5 Å². The Morgan fingerprint density at radius 3 is 2.59 bits per heavy atom. The average Bonchev–Trinajstić information content (AvgIpc) is 2.26. The first-order valence-corrected chi connectivity index (χ1v) is 5.34. The number of hydrogen-bond acceptors (Lipinski definition) is 2.